The third kappa shape index (κ3) is 5.11. The van der Waals surface area contributed by atoms with Crippen LogP contribution in [0.25, 0.3) is 0 Å². The van der Waals surface area contributed by atoms with E-state index in [1.165, 1.54) is 5.56 Å². The Balaban J connectivity index is 1.91. The fraction of sp³-hybridized carbons (Fsp3) is 0.353. The number of halogens is 1. The van der Waals surface area contributed by atoms with Gasteiger partial charge in [-0.15, -0.1) is 11.6 Å². The van der Waals surface area contributed by atoms with E-state index in [1.807, 2.05) is 36.8 Å². The van der Waals surface area contributed by atoms with Gasteiger partial charge >= 0.3 is 0 Å². The molecule has 0 unspecified atom stereocenters. The zero-order chi connectivity index (χ0) is 15.8. The Morgan fingerprint density at radius 3 is 2.91 bits per heavy atom. The highest BCUT2D eigenvalue weighted by atomic mass is 35.5. The predicted molar refractivity (Wildman–Crippen MR) is 99.2 cm³/mol. The molecular weight excluding hydrogens is 334 g/mol. The number of alkyl halides is 1. The van der Waals surface area contributed by atoms with Gasteiger partial charge in [-0.25, -0.2) is 0 Å². The van der Waals surface area contributed by atoms with E-state index in [2.05, 4.69) is 12.1 Å². The molecule has 1 atom stereocenters. The van der Waals surface area contributed by atoms with Crippen molar-refractivity contribution < 1.29 is 4.79 Å². The minimum Gasteiger partial charge on any atom is -0.293 e. The average molecular weight is 353 g/mol. The number of carbonyl (C=O) groups excluding carboxylic acids is 1. The van der Waals surface area contributed by atoms with Crippen molar-refractivity contribution in [1.29, 1.82) is 0 Å². The first kappa shape index (κ1) is 17.5. The number of hydrogen-bond acceptors (Lipinski definition) is 3. The van der Waals surface area contributed by atoms with E-state index in [4.69, 9.17) is 23.8 Å². The summed E-state index contributed by atoms with van der Waals surface area (Å²) in [5.41, 5.74) is 1.24. The van der Waals surface area contributed by atoms with Crippen LogP contribution in [-0.4, -0.2) is 32.8 Å². The molecule has 0 bridgehead atoms. The number of carbonyl (C=O) groups is 1. The van der Waals surface area contributed by atoms with Crippen molar-refractivity contribution in [3.05, 3.63) is 54.5 Å². The maximum absolute atomic E-state index is 12.4. The highest BCUT2D eigenvalue weighted by Gasteiger charge is 2.33. The number of amides is 1. The van der Waals surface area contributed by atoms with Gasteiger partial charge in [0, 0.05) is 18.1 Å². The second-order valence-electron chi connectivity index (χ2n) is 5.03. The van der Waals surface area contributed by atoms with E-state index < -0.39 is 0 Å². The van der Waals surface area contributed by atoms with E-state index in [9.17, 15) is 4.79 Å². The molecule has 0 spiro atoms. The minimum atomic E-state index is 0.0754. The van der Waals surface area contributed by atoms with Gasteiger partial charge in [-0.2, -0.15) is 0 Å². The summed E-state index contributed by atoms with van der Waals surface area (Å²) in [6.07, 6.45) is 7.80. The molecule has 1 aromatic rings. The predicted octanol–water partition coefficient (Wildman–Crippen LogP) is 4.24. The Kier molecular flexibility index (Phi) is 7.43. The van der Waals surface area contributed by atoms with Crippen molar-refractivity contribution in [2.24, 2.45) is 0 Å². The summed E-state index contributed by atoms with van der Waals surface area (Å²) in [6.45, 7) is 0. The maximum atomic E-state index is 12.4. The molecule has 1 heterocycles. The first-order valence-electron chi connectivity index (χ1n) is 7.29. The van der Waals surface area contributed by atoms with Crippen LogP contribution in [0.4, 0.5) is 0 Å². The van der Waals surface area contributed by atoms with Crippen molar-refractivity contribution in [2.75, 3.05) is 11.6 Å². The Morgan fingerprint density at radius 2 is 2.18 bits per heavy atom. The van der Waals surface area contributed by atoms with Crippen LogP contribution in [0.2, 0.25) is 0 Å². The molecule has 1 aliphatic rings. The van der Waals surface area contributed by atoms with Gasteiger partial charge in [0.05, 0.1) is 6.04 Å². The van der Waals surface area contributed by atoms with Crippen LogP contribution in [0.1, 0.15) is 18.4 Å². The third-order valence-corrected chi connectivity index (χ3v) is 5.15. The molecule has 0 saturated carbocycles. The topological polar surface area (TPSA) is 20.3 Å². The molecule has 0 aliphatic carbocycles. The molecule has 2 rings (SSSR count). The van der Waals surface area contributed by atoms with Gasteiger partial charge in [0.2, 0.25) is 5.91 Å². The van der Waals surface area contributed by atoms with Crippen molar-refractivity contribution >= 4 is 45.8 Å². The largest absolute Gasteiger partial charge is 0.293 e. The summed E-state index contributed by atoms with van der Waals surface area (Å²) in [4.78, 5) is 14.2. The first-order valence-corrected chi connectivity index (χ1v) is 9.22. The Bertz CT molecular complexity index is 533. The highest BCUT2D eigenvalue weighted by Crippen LogP contribution is 2.27. The molecule has 117 valence electrons. The number of nitrogens with zero attached hydrogens (tertiary/aromatic N) is 1. The van der Waals surface area contributed by atoms with Gasteiger partial charge in [0.15, 0.2) is 0 Å². The second-order valence-corrected chi connectivity index (χ2v) is 7.06. The molecule has 1 radical (unpaired) electrons. The average Bonchev–Trinajstić information content (AvgIpc) is 2.88. The summed E-state index contributed by atoms with van der Waals surface area (Å²) in [6, 6.07) is 10.4. The van der Waals surface area contributed by atoms with Crippen LogP contribution >= 0.6 is 35.6 Å². The maximum Gasteiger partial charge on any atom is 0.228 e. The van der Waals surface area contributed by atoms with Crippen LogP contribution in [0.5, 0.6) is 0 Å². The van der Waals surface area contributed by atoms with Crippen LogP contribution in [0.15, 0.2) is 42.5 Å². The van der Waals surface area contributed by atoms with Crippen molar-refractivity contribution in [3.8, 4) is 0 Å². The van der Waals surface area contributed by atoms with Crippen molar-refractivity contribution in [1.82, 2.24) is 4.90 Å². The lowest BCUT2D eigenvalue weighted by atomic mass is 10.1. The molecule has 1 amide bonds. The number of allylic oxidation sites excluding steroid dienone is 2. The molecule has 2 nitrogen and oxygen atoms in total. The lowest BCUT2D eigenvalue weighted by Gasteiger charge is -2.23. The number of thioether (sulfide) groups is 1. The van der Waals surface area contributed by atoms with Gasteiger partial charge in [0.25, 0.3) is 0 Å². The zero-order valence-corrected chi connectivity index (χ0v) is 14.7. The van der Waals surface area contributed by atoms with Gasteiger partial charge in [-0.3, -0.25) is 9.69 Å². The quantitative estimate of drug-likeness (QED) is 0.541. The van der Waals surface area contributed by atoms with Gasteiger partial charge in [-0.1, -0.05) is 66.5 Å². The van der Waals surface area contributed by atoms with Crippen LogP contribution in [-0.2, 0) is 11.2 Å². The lowest BCUT2D eigenvalue weighted by Crippen LogP contribution is -2.39. The van der Waals surface area contributed by atoms with Gasteiger partial charge in [0.1, 0.15) is 4.32 Å². The summed E-state index contributed by atoms with van der Waals surface area (Å²) < 4.78 is 0.698. The molecule has 1 aromatic carbocycles. The monoisotopic (exact) mass is 352 g/mol. The first-order chi connectivity index (χ1) is 10.7. The SMILES string of the molecule is O=C(C[CH]/C=C/CCCl)N1C(=S)SC[C@H]1Cc1ccccc1. The van der Waals surface area contributed by atoms with Crippen molar-refractivity contribution in [2.45, 2.75) is 25.3 Å². The summed E-state index contributed by atoms with van der Waals surface area (Å²) >= 11 is 12.5. The number of benzene rings is 1. The molecular formula is C17H19ClNOS2. The van der Waals surface area contributed by atoms with Gasteiger partial charge in [-0.05, 0) is 24.8 Å². The summed E-state index contributed by atoms with van der Waals surface area (Å²) in [5, 5.41) is 0. The van der Waals surface area contributed by atoms with E-state index >= 15 is 0 Å². The smallest absolute Gasteiger partial charge is 0.228 e. The van der Waals surface area contributed by atoms with Crippen LogP contribution < -0.4 is 0 Å². The molecule has 1 aliphatic heterocycles. The Morgan fingerprint density at radius 1 is 1.41 bits per heavy atom. The number of thiocarbonyl (C=S) groups is 1. The highest BCUT2D eigenvalue weighted by molar-refractivity contribution is 8.23. The molecule has 22 heavy (non-hydrogen) atoms. The summed E-state index contributed by atoms with van der Waals surface area (Å²) in [7, 11) is 0. The van der Waals surface area contributed by atoms with E-state index in [1.54, 1.807) is 16.7 Å². The fourth-order valence-electron chi connectivity index (χ4n) is 2.33. The molecule has 1 saturated heterocycles. The zero-order valence-electron chi connectivity index (χ0n) is 12.3. The molecule has 0 N–H and O–H groups in total. The molecule has 1 fully saturated rings. The molecule has 5 heteroatoms. The number of hydrogen-bond donors (Lipinski definition) is 0. The standard InChI is InChI=1S/C17H19ClNOS2/c18-11-7-2-1-6-10-16(20)19-15(13-22-17(19)21)12-14-8-4-3-5-9-14/h1-6,8-9,15H,7,10-13H2/b2-1+/t15-/m1/s1. The van der Waals surface area contributed by atoms with E-state index in [0.29, 0.717) is 16.6 Å². The minimum absolute atomic E-state index is 0.0754. The Labute approximate surface area is 146 Å². The van der Waals surface area contributed by atoms with Crippen molar-refractivity contribution in [3.63, 3.8) is 0 Å². The van der Waals surface area contributed by atoms with Gasteiger partial charge < -0.3 is 0 Å². The van der Waals surface area contributed by atoms with Crippen LogP contribution in [0.3, 0.4) is 0 Å². The van der Waals surface area contributed by atoms with E-state index in [0.717, 1.165) is 18.6 Å². The normalized spacial score (nSPS) is 18.3. The van der Waals surface area contributed by atoms with E-state index in [-0.39, 0.29) is 11.9 Å². The van der Waals surface area contributed by atoms with Crippen LogP contribution in [0, 0.1) is 6.42 Å². The second kappa shape index (κ2) is 9.33. The Hall–Kier alpha value is -0.840. The lowest BCUT2D eigenvalue weighted by molar-refractivity contribution is -0.127. The number of rotatable bonds is 7. The fourth-order valence-corrected chi connectivity index (χ4v) is 3.90. The third-order valence-electron chi connectivity index (χ3n) is 3.38. The summed E-state index contributed by atoms with van der Waals surface area (Å²) in [5.74, 6) is 1.55. The molecule has 0 aromatic heterocycles.